The van der Waals surface area contributed by atoms with Crippen molar-refractivity contribution in [1.82, 2.24) is 5.32 Å². The van der Waals surface area contributed by atoms with Gasteiger partial charge in [-0.05, 0) is 24.1 Å². The largest absolute Gasteiger partial charge is 0.488 e. The Kier molecular flexibility index (Phi) is 6.78. The quantitative estimate of drug-likeness (QED) is 0.721. The first-order chi connectivity index (χ1) is 9.04. The molecule has 0 spiro atoms. The second-order valence-corrected chi connectivity index (χ2v) is 4.98. The molecule has 0 aromatic heterocycles. The van der Waals surface area contributed by atoms with Crippen molar-refractivity contribution in [3.63, 3.8) is 0 Å². The van der Waals surface area contributed by atoms with E-state index in [1.54, 1.807) is 0 Å². The average molecular weight is 271 g/mol. The lowest BCUT2D eigenvalue weighted by Crippen LogP contribution is -2.22. The van der Waals surface area contributed by atoms with E-state index in [-0.39, 0.29) is 11.8 Å². The first kappa shape index (κ1) is 15.9. The molecular formula is C15H23F2NO. The molecule has 0 radical (unpaired) electrons. The number of halogens is 2. The SMILES string of the molecule is CCCCCOc1c(F)cc(CNC(C)C)cc1F. The molecule has 0 aliphatic heterocycles. The highest BCUT2D eigenvalue weighted by molar-refractivity contribution is 5.31. The Bertz CT molecular complexity index is 371. The molecule has 1 rings (SSSR count). The summed E-state index contributed by atoms with van der Waals surface area (Å²) in [6.07, 6.45) is 2.86. The van der Waals surface area contributed by atoms with Gasteiger partial charge in [0.25, 0.3) is 0 Å². The zero-order valence-electron chi connectivity index (χ0n) is 11.9. The van der Waals surface area contributed by atoms with E-state index in [2.05, 4.69) is 12.2 Å². The van der Waals surface area contributed by atoms with Gasteiger partial charge in [-0.1, -0.05) is 33.6 Å². The summed E-state index contributed by atoms with van der Waals surface area (Å²) in [7, 11) is 0. The number of rotatable bonds is 8. The maximum absolute atomic E-state index is 13.8. The molecule has 0 heterocycles. The third-order valence-electron chi connectivity index (χ3n) is 2.77. The maximum atomic E-state index is 13.8. The highest BCUT2D eigenvalue weighted by Crippen LogP contribution is 2.23. The first-order valence-corrected chi connectivity index (χ1v) is 6.88. The van der Waals surface area contributed by atoms with Crippen LogP contribution in [0.5, 0.6) is 5.75 Å². The normalized spacial score (nSPS) is 11.1. The van der Waals surface area contributed by atoms with Crippen LogP contribution in [0.1, 0.15) is 45.6 Å². The molecule has 1 aromatic rings. The summed E-state index contributed by atoms with van der Waals surface area (Å²) in [4.78, 5) is 0. The summed E-state index contributed by atoms with van der Waals surface area (Å²) in [5.41, 5.74) is 0.588. The third kappa shape index (κ3) is 5.55. The number of benzene rings is 1. The molecule has 4 heteroatoms. The molecule has 19 heavy (non-hydrogen) atoms. The van der Waals surface area contributed by atoms with E-state index in [1.165, 1.54) is 12.1 Å². The lowest BCUT2D eigenvalue weighted by Gasteiger charge is -2.12. The monoisotopic (exact) mass is 271 g/mol. The number of unbranched alkanes of at least 4 members (excludes halogenated alkanes) is 2. The Hall–Kier alpha value is -1.16. The van der Waals surface area contributed by atoms with E-state index in [0.717, 1.165) is 19.3 Å². The molecule has 0 aliphatic rings. The minimum Gasteiger partial charge on any atom is -0.488 e. The van der Waals surface area contributed by atoms with Crippen molar-refractivity contribution in [2.45, 2.75) is 52.6 Å². The van der Waals surface area contributed by atoms with Crippen LogP contribution in [-0.4, -0.2) is 12.6 Å². The van der Waals surface area contributed by atoms with Gasteiger partial charge in [-0.25, -0.2) is 8.78 Å². The van der Waals surface area contributed by atoms with Gasteiger partial charge in [0, 0.05) is 12.6 Å². The molecule has 0 atom stereocenters. The van der Waals surface area contributed by atoms with Gasteiger partial charge in [-0.15, -0.1) is 0 Å². The molecule has 0 aliphatic carbocycles. The highest BCUT2D eigenvalue weighted by atomic mass is 19.1. The van der Waals surface area contributed by atoms with Crippen molar-refractivity contribution >= 4 is 0 Å². The van der Waals surface area contributed by atoms with Gasteiger partial charge in [-0.3, -0.25) is 0 Å². The molecular weight excluding hydrogens is 248 g/mol. The Morgan fingerprint density at radius 3 is 2.32 bits per heavy atom. The van der Waals surface area contributed by atoms with Crippen LogP contribution in [-0.2, 0) is 6.54 Å². The van der Waals surface area contributed by atoms with Crippen molar-refractivity contribution in [3.05, 3.63) is 29.3 Å². The first-order valence-electron chi connectivity index (χ1n) is 6.88. The molecule has 1 N–H and O–H groups in total. The van der Waals surface area contributed by atoms with Crippen LogP contribution in [0.2, 0.25) is 0 Å². The van der Waals surface area contributed by atoms with Gasteiger partial charge < -0.3 is 10.1 Å². The molecule has 0 saturated heterocycles. The fourth-order valence-electron chi connectivity index (χ4n) is 1.70. The summed E-state index contributed by atoms with van der Waals surface area (Å²) in [5.74, 6) is -1.52. The fourth-order valence-corrected chi connectivity index (χ4v) is 1.70. The lowest BCUT2D eigenvalue weighted by atomic mass is 10.2. The van der Waals surface area contributed by atoms with Crippen molar-refractivity contribution in [2.24, 2.45) is 0 Å². The molecule has 0 bridgehead atoms. The standard InChI is InChI=1S/C15H23F2NO/c1-4-5-6-7-19-15-13(16)8-12(9-14(15)17)10-18-11(2)3/h8-9,11,18H,4-7,10H2,1-3H3. The zero-order valence-corrected chi connectivity index (χ0v) is 11.9. The van der Waals surface area contributed by atoms with Crippen LogP contribution in [0.3, 0.4) is 0 Å². The molecule has 0 saturated carbocycles. The van der Waals surface area contributed by atoms with E-state index in [0.29, 0.717) is 18.7 Å². The van der Waals surface area contributed by atoms with Crippen molar-refractivity contribution in [1.29, 1.82) is 0 Å². The second kappa shape index (κ2) is 8.10. The minimum atomic E-state index is -0.628. The van der Waals surface area contributed by atoms with Gasteiger partial charge in [0.1, 0.15) is 0 Å². The molecule has 1 aromatic carbocycles. The molecule has 0 fully saturated rings. The van der Waals surface area contributed by atoms with Crippen molar-refractivity contribution < 1.29 is 13.5 Å². The van der Waals surface area contributed by atoms with Crippen LogP contribution in [0.4, 0.5) is 8.78 Å². The number of hydrogen-bond acceptors (Lipinski definition) is 2. The summed E-state index contributed by atoms with van der Waals surface area (Å²) in [6.45, 7) is 6.83. The van der Waals surface area contributed by atoms with Crippen molar-refractivity contribution in [2.75, 3.05) is 6.61 Å². The number of hydrogen-bond donors (Lipinski definition) is 1. The van der Waals surface area contributed by atoms with Crippen LogP contribution in [0, 0.1) is 11.6 Å². The smallest absolute Gasteiger partial charge is 0.190 e. The predicted octanol–water partition coefficient (Wildman–Crippen LogP) is 4.03. The summed E-state index contributed by atoms with van der Waals surface area (Å²) < 4.78 is 32.7. The molecule has 0 unspecified atom stereocenters. The molecule has 108 valence electrons. The maximum Gasteiger partial charge on any atom is 0.190 e. The van der Waals surface area contributed by atoms with Crippen LogP contribution >= 0.6 is 0 Å². The van der Waals surface area contributed by atoms with Crippen molar-refractivity contribution in [3.8, 4) is 5.75 Å². The summed E-state index contributed by atoms with van der Waals surface area (Å²) in [5, 5.41) is 3.12. The van der Waals surface area contributed by atoms with E-state index in [9.17, 15) is 8.78 Å². The summed E-state index contributed by atoms with van der Waals surface area (Å²) in [6, 6.07) is 2.93. The topological polar surface area (TPSA) is 21.3 Å². The Labute approximate surface area is 114 Å². The second-order valence-electron chi connectivity index (χ2n) is 4.98. The van der Waals surface area contributed by atoms with Gasteiger partial charge in [-0.2, -0.15) is 0 Å². The van der Waals surface area contributed by atoms with Crippen LogP contribution < -0.4 is 10.1 Å². The van der Waals surface area contributed by atoms with Gasteiger partial charge in [0.2, 0.25) is 0 Å². The van der Waals surface area contributed by atoms with E-state index < -0.39 is 11.6 Å². The van der Waals surface area contributed by atoms with Gasteiger partial charge in [0.05, 0.1) is 6.61 Å². The Balaban J connectivity index is 2.63. The lowest BCUT2D eigenvalue weighted by molar-refractivity contribution is 0.276. The minimum absolute atomic E-state index is 0.260. The Morgan fingerprint density at radius 1 is 1.16 bits per heavy atom. The average Bonchev–Trinajstić information content (AvgIpc) is 2.34. The highest BCUT2D eigenvalue weighted by Gasteiger charge is 2.12. The molecule has 0 amide bonds. The van der Waals surface area contributed by atoms with Gasteiger partial charge in [0.15, 0.2) is 17.4 Å². The van der Waals surface area contributed by atoms with E-state index in [1.807, 2.05) is 13.8 Å². The van der Waals surface area contributed by atoms with Crippen LogP contribution in [0.15, 0.2) is 12.1 Å². The fraction of sp³-hybridized carbons (Fsp3) is 0.600. The van der Waals surface area contributed by atoms with Gasteiger partial charge >= 0.3 is 0 Å². The number of nitrogens with one attached hydrogen (secondary N) is 1. The number of ether oxygens (including phenoxy) is 1. The molecule has 2 nitrogen and oxygen atoms in total. The third-order valence-corrected chi connectivity index (χ3v) is 2.77. The zero-order chi connectivity index (χ0) is 14.3. The van der Waals surface area contributed by atoms with E-state index >= 15 is 0 Å². The Morgan fingerprint density at radius 2 is 1.79 bits per heavy atom. The van der Waals surface area contributed by atoms with E-state index in [4.69, 9.17) is 4.74 Å². The van der Waals surface area contributed by atoms with Crippen LogP contribution in [0.25, 0.3) is 0 Å². The predicted molar refractivity (Wildman–Crippen MR) is 73.4 cm³/mol. The summed E-state index contributed by atoms with van der Waals surface area (Å²) >= 11 is 0.